The van der Waals surface area contributed by atoms with E-state index in [1.165, 1.54) is 0 Å². The van der Waals surface area contributed by atoms with E-state index in [2.05, 4.69) is 23.4 Å². The Morgan fingerprint density at radius 3 is 2.77 bits per heavy atom. The molecule has 1 amide bonds. The molecule has 2 heterocycles. The number of hydrogen-bond acceptors (Lipinski definition) is 4. The van der Waals surface area contributed by atoms with Crippen LogP contribution in [0.15, 0.2) is 36.7 Å². The lowest BCUT2D eigenvalue weighted by Crippen LogP contribution is -2.32. The van der Waals surface area contributed by atoms with Gasteiger partial charge in [-0.05, 0) is 25.3 Å². The average Bonchev–Trinajstić information content (AvgIpc) is 3.33. The summed E-state index contributed by atoms with van der Waals surface area (Å²) in [4.78, 5) is 14.1. The van der Waals surface area contributed by atoms with E-state index < -0.39 is 0 Å². The second-order valence-corrected chi connectivity index (χ2v) is 6.78. The third kappa shape index (κ3) is 4.64. The second-order valence-electron chi connectivity index (χ2n) is 6.78. The van der Waals surface area contributed by atoms with Crippen molar-refractivity contribution >= 4 is 5.91 Å². The van der Waals surface area contributed by atoms with Crippen LogP contribution < -0.4 is 10.1 Å². The second kappa shape index (κ2) is 8.85. The number of likely N-dealkylation sites (tertiary alicyclic amines) is 1. The first kappa shape index (κ1) is 18.5. The molecular weight excluding hydrogens is 328 g/mol. The summed E-state index contributed by atoms with van der Waals surface area (Å²) in [5.41, 5.74) is 2.24. The molecule has 140 valence electrons. The molecule has 1 aromatic heterocycles. The van der Waals surface area contributed by atoms with Gasteiger partial charge in [0.1, 0.15) is 5.75 Å². The van der Waals surface area contributed by atoms with E-state index in [1.807, 2.05) is 42.5 Å². The molecule has 6 nitrogen and oxygen atoms in total. The predicted octanol–water partition coefficient (Wildman–Crippen LogP) is 2.66. The van der Waals surface area contributed by atoms with Gasteiger partial charge in [0.2, 0.25) is 0 Å². The Morgan fingerprint density at radius 1 is 1.31 bits per heavy atom. The Balaban J connectivity index is 1.62. The molecule has 1 unspecified atom stereocenters. The average molecular weight is 356 g/mol. The van der Waals surface area contributed by atoms with E-state index in [1.54, 1.807) is 4.68 Å². The number of carbonyl (C=O) groups is 1. The molecule has 0 spiro atoms. The SMILES string of the molecule is CCC(NCc1cnn(C)c1)c1ccccc1OCC(=O)N1CCCC1. The summed E-state index contributed by atoms with van der Waals surface area (Å²) in [6.45, 7) is 4.71. The van der Waals surface area contributed by atoms with Crippen molar-refractivity contribution in [3.63, 3.8) is 0 Å². The number of ether oxygens (including phenoxy) is 1. The van der Waals surface area contributed by atoms with Gasteiger partial charge in [0, 0.05) is 50.0 Å². The van der Waals surface area contributed by atoms with Crippen LogP contribution in [0, 0.1) is 0 Å². The lowest BCUT2D eigenvalue weighted by Gasteiger charge is -2.21. The van der Waals surface area contributed by atoms with Gasteiger partial charge in [0.15, 0.2) is 6.61 Å². The van der Waals surface area contributed by atoms with Gasteiger partial charge in [-0.15, -0.1) is 0 Å². The van der Waals surface area contributed by atoms with Crippen molar-refractivity contribution < 1.29 is 9.53 Å². The van der Waals surface area contributed by atoms with Crippen LogP contribution in [-0.2, 0) is 18.4 Å². The molecule has 26 heavy (non-hydrogen) atoms. The fourth-order valence-electron chi connectivity index (χ4n) is 3.38. The van der Waals surface area contributed by atoms with E-state index in [0.29, 0.717) is 0 Å². The van der Waals surface area contributed by atoms with Crippen molar-refractivity contribution in [3.8, 4) is 5.75 Å². The molecule has 3 rings (SSSR count). The molecule has 6 heteroatoms. The van der Waals surface area contributed by atoms with Crippen LogP contribution in [0.1, 0.15) is 43.4 Å². The number of aryl methyl sites for hydroxylation is 1. The zero-order chi connectivity index (χ0) is 18.4. The lowest BCUT2D eigenvalue weighted by atomic mass is 10.0. The molecule has 1 atom stereocenters. The van der Waals surface area contributed by atoms with Gasteiger partial charge in [-0.2, -0.15) is 5.10 Å². The molecular formula is C20H28N4O2. The fraction of sp³-hybridized carbons (Fsp3) is 0.500. The molecule has 1 aliphatic heterocycles. The van der Waals surface area contributed by atoms with Gasteiger partial charge in [-0.1, -0.05) is 25.1 Å². The number of rotatable bonds is 8. The maximum Gasteiger partial charge on any atom is 0.260 e. The van der Waals surface area contributed by atoms with Gasteiger partial charge in [-0.3, -0.25) is 9.48 Å². The predicted molar refractivity (Wildman–Crippen MR) is 101 cm³/mol. The van der Waals surface area contributed by atoms with E-state index in [4.69, 9.17) is 4.74 Å². The highest BCUT2D eigenvalue weighted by Crippen LogP contribution is 2.27. The largest absolute Gasteiger partial charge is 0.483 e. The van der Waals surface area contributed by atoms with Crippen molar-refractivity contribution in [2.24, 2.45) is 7.05 Å². The number of para-hydroxylation sites is 1. The topological polar surface area (TPSA) is 59.4 Å². The zero-order valence-electron chi connectivity index (χ0n) is 15.6. The Kier molecular flexibility index (Phi) is 6.28. The Labute approximate surface area is 155 Å². The molecule has 0 aliphatic carbocycles. The minimum atomic E-state index is 0.0775. The summed E-state index contributed by atoms with van der Waals surface area (Å²) in [5, 5.41) is 7.78. The van der Waals surface area contributed by atoms with Gasteiger partial charge in [0.05, 0.1) is 6.20 Å². The van der Waals surface area contributed by atoms with Crippen LogP contribution in [-0.4, -0.2) is 40.3 Å². The van der Waals surface area contributed by atoms with Gasteiger partial charge in [0.25, 0.3) is 5.91 Å². The first-order valence-corrected chi connectivity index (χ1v) is 9.37. The quantitative estimate of drug-likeness (QED) is 0.790. The minimum Gasteiger partial charge on any atom is -0.483 e. The highest BCUT2D eigenvalue weighted by atomic mass is 16.5. The molecule has 0 radical (unpaired) electrons. The molecule has 0 saturated carbocycles. The van der Waals surface area contributed by atoms with Gasteiger partial charge >= 0.3 is 0 Å². The van der Waals surface area contributed by atoms with Crippen LogP contribution in [0.5, 0.6) is 5.75 Å². The van der Waals surface area contributed by atoms with E-state index in [9.17, 15) is 4.79 Å². The molecule has 2 aromatic rings. The summed E-state index contributed by atoms with van der Waals surface area (Å²) in [6, 6.07) is 8.14. The van der Waals surface area contributed by atoms with Crippen LogP contribution >= 0.6 is 0 Å². The summed E-state index contributed by atoms with van der Waals surface area (Å²) < 4.78 is 7.71. The van der Waals surface area contributed by atoms with Crippen molar-refractivity contribution in [2.45, 2.75) is 38.8 Å². The fourth-order valence-corrected chi connectivity index (χ4v) is 3.38. The molecule has 1 aromatic carbocycles. The van der Waals surface area contributed by atoms with Gasteiger partial charge in [-0.25, -0.2) is 0 Å². The van der Waals surface area contributed by atoms with Gasteiger partial charge < -0.3 is 15.0 Å². The highest BCUT2D eigenvalue weighted by molar-refractivity contribution is 5.78. The zero-order valence-corrected chi connectivity index (χ0v) is 15.6. The number of hydrogen-bond donors (Lipinski definition) is 1. The van der Waals surface area contributed by atoms with E-state index in [0.717, 1.165) is 55.8 Å². The van der Waals surface area contributed by atoms with Crippen LogP contribution in [0.25, 0.3) is 0 Å². The smallest absolute Gasteiger partial charge is 0.260 e. The van der Waals surface area contributed by atoms with Crippen molar-refractivity contribution in [2.75, 3.05) is 19.7 Å². The highest BCUT2D eigenvalue weighted by Gasteiger charge is 2.20. The standard InChI is InChI=1S/C20H28N4O2/c1-3-18(21-12-16-13-22-23(2)14-16)17-8-4-5-9-19(17)26-15-20(25)24-10-6-7-11-24/h4-5,8-9,13-14,18,21H,3,6-7,10-12,15H2,1-2H3. The molecule has 0 bridgehead atoms. The normalized spacial score (nSPS) is 15.2. The molecule has 1 saturated heterocycles. The molecule has 1 aliphatic rings. The minimum absolute atomic E-state index is 0.0775. The summed E-state index contributed by atoms with van der Waals surface area (Å²) in [5.74, 6) is 0.860. The summed E-state index contributed by atoms with van der Waals surface area (Å²) >= 11 is 0. The first-order valence-electron chi connectivity index (χ1n) is 9.37. The molecule has 1 fully saturated rings. The van der Waals surface area contributed by atoms with Crippen LogP contribution in [0.4, 0.5) is 0 Å². The van der Waals surface area contributed by atoms with Crippen molar-refractivity contribution in [3.05, 3.63) is 47.8 Å². The maximum atomic E-state index is 12.3. The number of nitrogens with one attached hydrogen (secondary N) is 1. The number of nitrogens with zero attached hydrogens (tertiary/aromatic N) is 3. The Bertz CT molecular complexity index is 722. The summed E-state index contributed by atoms with van der Waals surface area (Å²) in [7, 11) is 1.92. The van der Waals surface area contributed by atoms with Crippen molar-refractivity contribution in [1.29, 1.82) is 0 Å². The van der Waals surface area contributed by atoms with E-state index >= 15 is 0 Å². The number of aromatic nitrogens is 2. The third-order valence-electron chi connectivity index (χ3n) is 4.82. The van der Waals surface area contributed by atoms with Crippen LogP contribution in [0.2, 0.25) is 0 Å². The maximum absolute atomic E-state index is 12.3. The van der Waals surface area contributed by atoms with E-state index in [-0.39, 0.29) is 18.6 Å². The lowest BCUT2D eigenvalue weighted by molar-refractivity contribution is -0.132. The summed E-state index contributed by atoms with van der Waals surface area (Å²) in [6.07, 6.45) is 7.01. The number of carbonyl (C=O) groups excluding carboxylic acids is 1. The monoisotopic (exact) mass is 356 g/mol. The first-order chi connectivity index (χ1) is 12.7. The number of benzene rings is 1. The Hall–Kier alpha value is -2.34. The number of amides is 1. The van der Waals surface area contributed by atoms with Crippen molar-refractivity contribution in [1.82, 2.24) is 20.0 Å². The Morgan fingerprint density at radius 2 is 2.08 bits per heavy atom. The van der Waals surface area contributed by atoms with Crippen LogP contribution in [0.3, 0.4) is 0 Å². The molecule has 1 N–H and O–H groups in total. The third-order valence-corrected chi connectivity index (χ3v) is 4.82.